The summed E-state index contributed by atoms with van der Waals surface area (Å²) < 4.78 is 2.71. The Bertz CT molecular complexity index is 882. The van der Waals surface area contributed by atoms with Gasteiger partial charge in [0.1, 0.15) is 0 Å². The number of carbonyl (C=O) groups excluding carboxylic acids is 1. The number of thiophene rings is 1. The molecule has 1 aromatic carbocycles. The van der Waals surface area contributed by atoms with Gasteiger partial charge in [-0.05, 0) is 30.7 Å². The number of rotatable bonds is 7. The monoisotopic (exact) mass is 360 g/mol. The topological polar surface area (TPSA) is 43.6 Å². The summed E-state index contributed by atoms with van der Waals surface area (Å²) in [4.78, 5) is 17.9. The Labute approximate surface area is 149 Å². The maximum Gasteiger partial charge on any atom is 0.166 e. The van der Waals surface area contributed by atoms with Crippen molar-refractivity contribution in [3.63, 3.8) is 0 Å². The summed E-state index contributed by atoms with van der Waals surface area (Å²) in [6.07, 6.45) is 1.62. The molecule has 24 heavy (non-hydrogen) atoms. The lowest BCUT2D eigenvalue weighted by atomic mass is 10.2. The summed E-state index contributed by atoms with van der Waals surface area (Å²) in [6, 6.07) is 13.6. The Morgan fingerprint density at radius 1 is 1.33 bits per heavy atom. The summed E-state index contributed by atoms with van der Waals surface area (Å²) in [5, 5.41) is 5.29. The molecule has 0 amide bonds. The number of nitrogens with zero attached hydrogens (tertiary/aromatic N) is 2. The Morgan fingerprint density at radius 3 is 2.88 bits per heavy atom. The van der Waals surface area contributed by atoms with Gasteiger partial charge < -0.3 is 9.40 Å². The second kappa shape index (κ2) is 7.64. The highest BCUT2D eigenvalue weighted by atomic mass is 35.5. The molecule has 0 fully saturated rings. The van der Waals surface area contributed by atoms with Crippen molar-refractivity contribution in [1.82, 2.24) is 4.57 Å². The van der Waals surface area contributed by atoms with Crippen LogP contribution in [0.4, 0.5) is 0 Å². The minimum atomic E-state index is 0.397. The Hall–Kier alpha value is -2.11. The van der Waals surface area contributed by atoms with Crippen molar-refractivity contribution in [3.05, 3.63) is 57.4 Å². The van der Waals surface area contributed by atoms with Gasteiger partial charge in [-0.1, -0.05) is 41.9 Å². The molecule has 2 aromatic heterocycles. The molecule has 0 aliphatic heterocycles. The summed E-state index contributed by atoms with van der Waals surface area (Å²) in [6.45, 7) is 2.95. The van der Waals surface area contributed by atoms with Gasteiger partial charge in [0.2, 0.25) is 0 Å². The molecule has 124 valence electrons. The first-order valence-electron chi connectivity index (χ1n) is 7.66. The van der Waals surface area contributed by atoms with Crippen LogP contribution in [0.25, 0.3) is 10.9 Å². The van der Waals surface area contributed by atoms with Crippen LogP contribution in [0.5, 0.6) is 0 Å². The number of hydrogen-bond donors (Lipinski definition) is 0. The van der Waals surface area contributed by atoms with E-state index in [1.165, 1.54) is 11.3 Å². The maximum absolute atomic E-state index is 11.4. The van der Waals surface area contributed by atoms with E-state index in [0.29, 0.717) is 18.8 Å². The van der Waals surface area contributed by atoms with Gasteiger partial charge in [0.25, 0.3) is 0 Å². The second-order valence-corrected chi connectivity index (χ2v) is 7.12. The normalized spacial score (nSPS) is 11.8. The first kappa shape index (κ1) is 16.7. The number of fused-ring (bicyclic) bond motifs is 1. The molecule has 2 heterocycles. The van der Waals surface area contributed by atoms with Crippen molar-refractivity contribution in [2.75, 3.05) is 0 Å². The number of oxime groups is 1. The van der Waals surface area contributed by atoms with E-state index in [2.05, 4.69) is 5.16 Å². The Balaban J connectivity index is 1.77. The SMILES string of the molecule is CC/C(Cn1c(C=O)cc2ccccc21)=N\OCc1ccc(Cl)s1. The Morgan fingerprint density at radius 2 is 2.17 bits per heavy atom. The van der Waals surface area contributed by atoms with Crippen LogP contribution in [0.3, 0.4) is 0 Å². The molecule has 0 bridgehead atoms. The summed E-state index contributed by atoms with van der Waals surface area (Å²) in [7, 11) is 0. The lowest BCUT2D eigenvalue weighted by Crippen LogP contribution is -2.12. The van der Waals surface area contributed by atoms with Crippen LogP contribution in [-0.4, -0.2) is 16.6 Å². The zero-order valence-corrected chi connectivity index (χ0v) is 14.8. The summed E-state index contributed by atoms with van der Waals surface area (Å²) in [5.41, 5.74) is 2.54. The molecule has 0 aliphatic rings. The largest absolute Gasteiger partial charge is 0.390 e. The third kappa shape index (κ3) is 3.68. The van der Waals surface area contributed by atoms with Gasteiger partial charge in [-0.2, -0.15) is 0 Å². The van der Waals surface area contributed by atoms with Crippen molar-refractivity contribution >= 4 is 45.8 Å². The van der Waals surface area contributed by atoms with Crippen molar-refractivity contribution in [3.8, 4) is 0 Å². The molecule has 6 heteroatoms. The standard InChI is InChI=1S/C18H17ClN2O2S/c1-2-14(20-23-12-16-7-8-18(19)24-16)10-21-15(11-22)9-13-5-3-4-6-17(13)21/h3-9,11H,2,10,12H2,1H3/b20-14+. The lowest BCUT2D eigenvalue weighted by molar-refractivity contribution is 0.111. The molecular weight excluding hydrogens is 344 g/mol. The number of aromatic nitrogens is 1. The van der Waals surface area contributed by atoms with Crippen molar-refractivity contribution < 1.29 is 9.63 Å². The predicted molar refractivity (Wildman–Crippen MR) is 99.2 cm³/mol. The Kier molecular flexibility index (Phi) is 5.33. The van der Waals surface area contributed by atoms with Crippen LogP contribution in [0, 0.1) is 0 Å². The van der Waals surface area contributed by atoms with E-state index in [4.69, 9.17) is 16.4 Å². The molecule has 0 N–H and O–H groups in total. The highest BCUT2D eigenvalue weighted by Crippen LogP contribution is 2.22. The van der Waals surface area contributed by atoms with Gasteiger partial charge in [0.15, 0.2) is 12.9 Å². The van der Waals surface area contributed by atoms with E-state index in [9.17, 15) is 4.79 Å². The molecule has 3 rings (SSSR count). The van der Waals surface area contributed by atoms with E-state index in [1.54, 1.807) is 0 Å². The zero-order chi connectivity index (χ0) is 16.9. The summed E-state index contributed by atoms with van der Waals surface area (Å²) >= 11 is 7.38. The number of carbonyl (C=O) groups is 1. The number of aldehydes is 1. The predicted octanol–water partition coefficient (Wildman–Crippen LogP) is 5.15. The molecule has 0 saturated carbocycles. The smallest absolute Gasteiger partial charge is 0.166 e. The van der Waals surface area contributed by atoms with Gasteiger partial charge in [-0.3, -0.25) is 4.79 Å². The molecular formula is C18H17ClN2O2S. The fourth-order valence-electron chi connectivity index (χ4n) is 2.51. The molecule has 3 aromatic rings. The van der Waals surface area contributed by atoms with Crippen LogP contribution < -0.4 is 0 Å². The minimum Gasteiger partial charge on any atom is -0.390 e. The van der Waals surface area contributed by atoms with Crippen molar-refractivity contribution in [2.45, 2.75) is 26.5 Å². The quantitative estimate of drug-likeness (QED) is 0.332. The van der Waals surface area contributed by atoms with E-state index in [1.807, 2.05) is 54.0 Å². The fraction of sp³-hybridized carbons (Fsp3) is 0.222. The number of hydrogen-bond acceptors (Lipinski definition) is 4. The lowest BCUT2D eigenvalue weighted by Gasteiger charge is -2.09. The highest BCUT2D eigenvalue weighted by molar-refractivity contribution is 7.16. The van der Waals surface area contributed by atoms with Crippen LogP contribution in [0.1, 0.15) is 28.7 Å². The van der Waals surface area contributed by atoms with Crippen LogP contribution in [-0.2, 0) is 18.0 Å². The zero-order valence-electron chi connectivity index (χ0n) is 13.2. The van der Waals surface area contributed by atoms with Gasteiger partial charge in [0.05, 0.1) is 22.3 Å². The van der Waals surface area contributed by atoms with Crippen LogP contribution in [0.15, 0.2) is 47.6 Å². The second-order valence-electron chi connectivity index (χ2n) is 5.32. The molecule has 0 aliphatic carbocycles. The molecule has 0 spiro atoms. The average molecular weight is 361 g/mol. The average Bonchev–Trinajstić information content (AvgIpc) is 3.17. The van der Waals surface area contributed by atoms with E-state index in [-0.39, 0.29) is 0 Å². The van der Waals surface area contributed by atoms with Crippen LogP contribution >= 0.6 is 22.9 Å². The van der Waals surface area contributed by atoms with Gasteiger partial charge in [0, 0.05) is 15.8 Å². The first-order valence-corrected chi connectivity index (χ1v) is 8.86. The third-order valence-corrected chi connectivity index (χ3v) is 4.95. The van der Waals surface area contributed by atoms with Crippen molar-refractivity contribution in [1.29, 1.82) is 0 Å². The number of halogens is 1. The number of benzene rings is 1. The van der Waals surface area contributed by atoms with Crippen molar-refractivity contribution in [2.24, 2.45) is 5.16 Å². The maximum atomic E-state index is 11.4. The van der Waals surface area contributed by atoms with Gasteiger partial charge >= 0.3 is 0 Å². The molecule has 0 radical (unpaired) electrons. The fourth-order valence-corrected chi connectivity index (χ4v) is 3.50. The van der Waals surface area contributed by atoms with E-state index in [0.717, 1.165) is 38.5 Å². The molecule has 0 atom stereocenters. The molecule has 0 unspecified atom stereocenters. The highest BCUT2D eigenvalue weighted by Gasteiger charge is 2.10. The van der Waals surface area contributed by atoms with Gasteiger partial charge in [-0.25, -0.2) is 0 Å². The van der Waals surface area contributed by atoms with Gasteiger partial charge in [-0.15, -0.1) is 11.3 Å². The number of para-hydroxylation sites is 1. The first-order chi connectivity index (χ1) is 11.7. The molecule has 0 saturated heterocycles. The van der Waals surface area contributed by atoms with E-state index >= 15 is 0 Å². The van der Waals surface area contributed by atoms with E-state index < -0.39 is 0 Å². The van der Waals surface area contributed by atoms with Crippen LogP contribution in [0.2, 0.25) is 4.34 Å². The molecule has 4 nitrogen and oxygen atoms in total. The minimum absolute atomic E-state index is 0.397. The summed E-state index contributed by atoms with van der Waals surface area (Å²) in [5.74, 6) is 0. The third-order valence-electron chi connectivity index (χ3n) is 3.74.